The molecule has 0 unspecified atom stereocenters. The van der Waals surface area contributed by atoms with E-state index in [2.05, 4.69) is 34.2 Å². The number of imidazole rings is 1. The third-order valence-corrected chi connectivity index (χ3v) is 4.78. The SMILES string of the molecule is O=C([C@H]1CCc2nc[nH]c2C1)N1CCc2ccccc2C1. The normalized spacial score (nSPS) is 20.8. The first-order valence-corrected chi connectivity index (χ1v) is 7.68. The van der Waals surface area contributed by atoms with Crippen molar-refractivity contribution < 1.29 is 4.79 Å². The molecule has 4 rings (SSSR count). The highest BCUT2D eigenvalue weighted by atomic mass is 16.2. The first-order valence-electron chi connectivity index (χ1n) is 7.68. The molecule has 2 aromatic rings. The van der Waals surface area contributed by atoms with Crippen LogP contribution in [0.15, 0.2) is 30.6 Å². The van der Waals surface area contributed by atoms with Crippen LogP contribution in [-0.4, -0.2) is 27.3 Å². The van der Waals surface area contributed by atoms with Gasteiger partial charge < -0.3 is 9.88 Å². The molecule has 4 heteroatoms. The van der Waals surface area contributed by atoms with Gasteiger partial charge in [-0.1, -0.05) is 24.3 Å². The molecule has 1 aromatic heterocycles. The van der Waals surface area contributed by atoms with E-state index in [0.717, 1.165) is 50.2 Å². The molecule has 1 atom stereocenters. The molecule has 0 bridgehead atoms. The van der Waals surface area contributed by atoms with Crippen LogP contribution in [0.2, 0.25) is 0 Å². The predicted octanol–water partition coefficient (Wildman–Crippen LogP) is 2.10. The van der Waals surface area contributed by atoms with Crippen molar-refractivity contribution in [2.45, 2.75) is 32.2 Å². The molecular formula is C17H19N3O. The van der Waals surface area contributed by atoms with Gasteiger partial charge in [0.15, 0.2) is 0 Å². The van der Waals surface area contributed by atoms with Crippen molar-refractivity contribution in [3.05, 3.63) is 53.1 Å². The molecule has 1 N–H and O–H groups in total. The fourth-order valence-corrected chi connectivity index (χ4v) is 3.55. The lowest BCUT2D eigenvalue weighted by molar-refractivity contribution is -0.136. The Bertz CT molecular complexity index is 676. The molecule has 2 heterocycles. The molecule has 0 radical (unpaired) electrons. The maximum atomic E-state index is 12.8. The number of rotatable bonds is 1. The van der Waals surface area contributed by atoms with Crippen LogP contribution < -0.4 is 0 Å². The Balaban J connectivity index is 1.49. The number of H-pyrrole nitrogens is 1. The van der Waals surface area contributed by atoms with Crippen LogP contribution in [0, 0.1) is 5.92 Å². The average molecular weight is 281 g/mol. The second-order valence-electron chi connectivity index (χ2n) is 6.05. The summed E-state index contributed by atoms with van der Waals surface area (Å²) < 4.78 is 0. The topological polar surface area (TPSA) is 49.0 Å². The van der Waals surface area contributed by atoms with Gasteiger partial charge in [-0.2, -0.15) is 0 Å². The Morgan fingerprint density at radius 1 is 1.24 bits per heavy atom. The van der Waals surface area contributed by atoms with Gasteiger partial charge in [-0.15, -0.1) is 0 Å². The summed E-state index contributed by atoms with van der Waals surface area (Å²) in [5.74, 6) is 0.424. The van der Waals surface area contributed by atoms with Crippen LogP contribution >= 0.6 is 0 Å². The number of hydrogen-bond donors (Lipinski definition) is 1. The maximum absolute atomic E-state index is 12.8. The van der Waals surface area contributed by atoms with Gasteiger partial charge in [0.25, 0.3) is 0 Å². The number of nitrogens with one attached hydrogen (secondary N) is 1. The van der Waals surface area contributed by atoms with Gasteiger partial charge >= 0.3 is 0 Å². The molecule has 0 saturated heterocycles. The number of carbonyl (C=O) groups excluding carboxylic acids is 1. The molecule has 0 fully saturated rings. The van der Waals surface area contributed by atoms with E-state index in [1.807, 2.05) is 4.90 Å². The van der Waals surface area contributed by atoms with Gasteiger partial charge in [0.05, 0.1) is 12.0 Å². The lowest BCUT2D eigenvalue weighted by atomic mass is 9.88. The Hall–Kier alpha value is -2.10. The zero-order valence-corrected chi connectivity index (χ0v) is 12.0. The van der Waals surface area contributed by atoms with Crippen LogP contribution in [0.3, 0.4) is 0 Å². The molecule has 2 aliphatic rings. The molecule has 1 aromatic carbocycles. The van der Waals surface area contributed by atoms with Crippen molar-refractivity contribution in [2.24, 2.45) is 5.92 Å². The number of aryl methyl sites for hydroxylation is 1. The number of aromatic amines is 1. The van der Waals surface area contributed by atoms with Crippen molar-refractivity contribution in [3.63, 3.8) is 0 Å². The Kier molecular flexibility index (Phi) is 3.02. The van der Waals surface area contributed by atoms with E-state index in [9.17, 15) is 4.79 Å². The van der Waals surface area contributed by atoms with Crippen LogP contribution in [0.25, 0.3) is 0 Å². The van der Waals surface area contributed by atoms with Crippen molar-refractivity contribution in [1.29, 1.82) is 0 Å². The molecule has 1 aliphatic heterocycles. The molecule has 0 spiro atoms. The Morgan fingerprint density at radius 3 is 3.00 bits per heavy atom. The van der Waals surface area contributed by atoms with Crippen LogP contribution in [0.1, 0.15) is 28.9 Å². The summed E-state index contributed by atoms with van der Waals surface area (Å²) >= 11 is 0. The molecule has 0 saturated carbocycles. The van der Waals surface area contributed by atoms with E-state index < -0.39 is 0 Å². The monoisotopic (exact) mass is 281 g/mol. The first kappa shape index (κ1) is 12.6. The Labute approximate surface area is 124 Å². The van der Waals surface area contributed by atoms with Crippen molar-refractivity contribution >= 4 is 5.91 Å². The first-order chi connectivity index (χ1) is 10.3. The summed E-state index contributed by atoms with van der Waals surface area (Å²) in [6.07, 6.45) is 5.37. The number of fused-ring (bicyclic) bond motifs is 2. The second kappa shape index (κ2) is 5.02. The number of carbonyl (C=O) groups is 1. The molecule has 1 aliphatic carbocycles. The molecule has 21 heavy (non-hydrogen) atoms. The fraction of sp³-hybridized carbons (Fsp3) is 0.412. The third-order valence-electron chi connectivity index (χ3n) is 4.78. The molecule has 108 valence electrons. The van der Waals surface area contributed by atoms with E-state index in [-0.39, 0.29) is 5.92 Å². The van der Waals surface area contributed by atoms with E-state index in [0.29, 0.717) is 5.91 Å². The highest BCUT2D eigenvalue weighted by molar-refractivity contribution is 5.79. The van der Waals surface area contributed by atoms with Crippen molar-refractivity contribution in [2.75, 3.05) is 6.54 Å². The van der Waals surface area contributed by atoms with Gasteiger partial charge in [0.1, 0.15) is 0 Å². The zero-order chi connectivity index (χ0) is 14.2. The van der Waals surface area contributed by atoms with E-state index in [1.165, 1.54) is 11.1 Å². The summed E-state index contributed by atoms with van der Waals surface area (Å²) in [7, 11) is 0. The minimum atomic E-state index is 0.114. The van der Waals surface area contributed by atoms with E-state index in [1.54, 1.807) is 6.33 Å². The number of hydrogen-bond acceptors (Lipinski definition) is 2. The Morgan fingerprint density at radius 2 is 2.10 bits per heavy atom. The summed E-state index contributed by atoms with van der Waals surface area (Å²) in [6.45, 7) is 1.61. The number of nitrogens with zero attached hydrogens (tertiary/aromatic N) is 2. The highest BCUT2D eigenvalue weighted by Crippen LogP contribution is 2.27. The smallest absolute Gasteiger partial charge is 0.226 e. The average Bonchev–Trinajstić information content (AvgIpc) is 3.01. The minimum absolute atomic E-state index is 0.114. The van der Waals surface area contributed by atoms with Gasteiger partial charge in [0.2, 0.25) is 5.91 Å². The maximum Gasteiger partial charge on any atom is 0.226 e. The summed E-state index contributed by atoms with van der Waals surface area (Å²) in [5, 5.41) is 0. The van der Waals surface area contributed by atoms with E-state index >= 15 is 0 Å². The van der Waals surface area contributed by atoms with Gasteiger partial charge in [0, 0.05) is 31.1 Å². The van der Waals surface area contributed by atoms with Crippen LogP contribution in [0.4, 0.5) is 0 Å². The van der Waals surface area contributed by atoms with Gasteiger partial charge in [-0.25, -0.2) is 4.98 Å². The van der Waals surface area contributed by atoms with Crippen molar-refractivity contribution in [1.82, 2.24) is 14.9 Å². The lowest BCUT2D eigenvalue weighted by Gasteiger charge is -2.33. The fourth-order valence-electron chi connectivity index (χ4n) is 3.55. The third kappa shape index (κ3) is 2.24. The van der Waals surface area contributed by atoms with Crippen molar-refractivity contribution in [3.8, 4) is 0 Å². The highest BCUT2D eigenvalue weighted by Gasteiger charge is 2.30. The van der Waals surface area contributed by atoms with Gasteiger partial charge in [-0.05, 0) is 30.4 Å². The largest absolute Gasteiger partial charge is 0.348 e. The quantitative estimate of drug-likeness (QED) is 0.870. The molecule has 1 amide bonds. The van der Waals surface area contributed by atoms with Crippen LogP contribution in [0.5, 0.6) is 0 Å². The summed E-state index contributed by atoms with van der Waals surface area (Å²) in [4.78, 5) is 22.3. The minimum Gasteiger partial charge on any atom is -0.348 e. The summed E-state index contributed by atoms with van der Waals surface area (Å²) in [5.41, 5.74) is 4.98. The number of benzene rings is 1. The lowest BCUT2D eigenvalue weighted by Crippen LogP contribution is -2.41. The van der Waals surface area contributed by atoms with E-state index in [4.69, 9.17) is 0 Å². The predicted molar refractivity (Wildman–Crippen MR) is 79.7 cm³/mol. The summed E-state index contributed by atoms with van der Waals surface area (Å²) in [6, 6.07) is 8.46. The molecule has 4 nitrogen and oxygen atoms in total. The van der Waals surface area contributed by atoms with Gasteiger partial charge in [-0.3, -0.25) is 4.79 Å². The second-order valence-corrected chi connectivity index (χ2v) is 6.05. The van der Waals surface area contributed by atoms with Crippen LogP contribution in [-0.2, 0) is 30.6 Å². The standard InChI is InChI=1S/C17H19N3O/c21-17(13-5-6-15-16(9-13)19-11-18-15)20-8-7-12-3-1-2-4-14(12)10-20/h1-4,11,13H,5-10H2,(H,18,19)/t13-/m0/s1. The zero-order valence-electron chi connectivity index (χ0n) is 12.0. The number of aromatic nitrogens is 2. The number of amides is 1. The molecular weight excluding hydrogens is 262 g/mol.